The van der Waals surface area contributed by atoms with Crippen LogP contribution in [0.25, 0.3) is 4.85 Å². The molecule has 7 heavy (non-hydrogen) atoms. The van der Waals surface area contributed by atoms with Crippen molar-refractivity contribution in [3.63, 3.8) is 0 Å². The highest BCUT2D eigenvalue weighted by Crippen LogP contribution is 1.85. The van der Waals surface area contributed by atoms with E-state index in [-0.39, 0.29) is 0 Å². The van der Waals surface area contributed by atoms with E-state index in [2.05, 4.69) is 11.4 Å². The SMILES string of the molecule is C#[N+]C(C#N)C=C. The molecule has 0 saturated heterocycles. The van der Waals surface area contributed by atoms with Crippen molar-refractivity contribution in [2.24, 2.45) is 0 Å². The first-order chi connectivity index (χ1) is 3.35. The lowest BCUT2D eigenvalue weighted by atomic mass is 10.4. The zero-order valence-corrected chi connectivity index (χ0v) is 3.83. The second kappa shape index (κ2) is 2.93. The minimum absolute atomic E-state index is 0.542. The first-order valence-electron chi connectivity index (χ1n) is 1.77. The Hall–Kier alpha value is -1.28. The van der Waals surface area contributed by atoms with E-state index in [0.29, 0.717) is 0 Å². The Morgan fingerprint density at radius 2 is 2.57 bits per heavy atom. The Morgan fingerprint density at radius 3 is 2.57 bits per heavy atom. The normalized spacial score (nSPS) is 10.6. The molecule has 34 valence electrons. The van der Waals surface area contributed by atoms with E-state index in [1.165, 1.54) is 6.08 Å². The van der Waals surface area contributed by atoms with Crippen molar-refractivity contribution < 1.29 is 0 Å². The van der Waals surface area contributed by atoms with E-state index >= 15 is 0 Å². The van der Waals surface area contributed by atoms with E-state index in [1.54, 1.807) is 6.07 Å². The van der Waals surface area contributed by atoms with Gasteiger partial charge in [0.15, 0.2) is 6.07 Å². The Morgan fingerprint density at radius 1 is 2.00 bits per heavy atom. The highest BCUT2D eigenvalue weighted by Gasteiger charge is 2.04. The Kier molecular flexibility index (Phi) is 2.40. The predicted molar refractivity (Wildman–Crippen MR) is 27.9 cm³/mol. The number of nitriles is 1. The molecule has 0 bridgehead atoms. The maximum atomic E-state index is 8.03. The van der Waals surface area contributed by atoms with Gasteiger partial charge in [0, 0.05) is 6.08 Å². The van der Waals surface area contributed by atoms with E-state index in [0.717, 1.165) is 0 Å². The Balaban J connectivity index is 3.73. The lowest BCUT2D eigenvalue weighted by Crippen LogP contribution is -1.87. The molecular formula is C5H5N2+. The van der Waals surface area contributed by atoms with Gasteiger partial charge in [0.2, 0.25) is 0 Å². The third-order valence-electron chi connectivity index (χ3n) is 0.516. The summed E-state index contributed by atoms with van der Waals surface area (Å²) in [5, 5.41) is 8.03. The molecule has 0 aromatic heterocycles. The van der Waals surface area contributed by atoms with E-state index < -0.39 is 6.04 Å². The van der Waals surface area contributed by atoms with Gasteiger partial charge in [-0.3, -0.25) is 0 Å². The summed E-state index contributed by atoms with van der Waals surface area (Å²) in [5.41, 5.74) is 0. The summed E-state index contributed by atoms with van der Waals surface area (Å²) in [5.74, 6) is 0. The predicted octanol–water partition coefficient (Wildman–Crippen LogP) is 1.03. The molecule has 1 unspecified atom stereocenters. The first kappa shape index (κ1) is 5.72. The summed E-state index contributed by atoms with van der Waals surface area (Å²) in [4.78, 5) is 3.15. The number of nitrogens with zero attached hydrogens (tertiary/aromatic N) is 2. The molecule has 0 aliphatic carbocycles. The lowest BCUT2D eigenvalue weighted by Gasteiger charge is -1.67. The van der Waals surface area contributed by atoms with Gasteiger partial charge in [-0.1, -0.05) is 11.4 Å². The molecule has 0 spiro atoms. The second-order valence-electron chi connectivity index (χ2n) is 0.959. The minimum atomic E-state index is -0.542. The van der Waals surface area contributed by atoms with E-state index in [9.17, 15) is 0 Å². The maximum absolute atomic E-state index is 8.03. The fourth-order valence-corrected chi connectivity index (χ4v) is 0.147. The first-order valence-corrected chi connectivity index (χ1v) is 1.77. The zero-order valence-electron chi connectivity index (χ0n) is 3.83. The van der Waals surface area contributed by atoms with Gasteiger partial charge in [0.1, 0.15) is 0 Å². The third kappa shape index (κ3) is 1.57. The molecule has 0 radical (unpaired) electrons. The van der Waals surface area contributed by atoms with Crippen LogP contribution in [0.15, 0.2) is 12.7 Å². The van der Waals surface area contributed by atoms with Crippen molar-refractivity contribution in [2.45, 2.75) is 6.04 Å². The summed E-state index contributed by atoms with van der Waals surface area (Å²) >= 11 is 0. The molecule has 0 aliphatic heterocycles. The van der Waals surface area contributed by atoms with Gasteiger partial charge < -0.3 is 0 Å². The van der Waals surface area contributed by atoms with Gasteiger partial charge >= 0.3 is 6.04 Å². The fraction of sp³-hybridized carbons (Fsp3) is 0.200. The van der Waals surface area contributed by atoms with Crippen molar-refractivity contribution in [3.05, 3.63) is 17.5 Å². The molecule has 0 amide bonds. The quantitative estimate of drug-likeness (QED) is 0.445. The highest BCUT2D eigenvalue weighted by molar-refractivity contribution is 5.10. The zero-order chi connectivity index (χ0) is 5.70. The van der Waals surface area contributed by atoms with Crippen LogP contribution in [0.3, 0.4) is 0 Å². The Labute approximate surface area is 42.5 Å². The van der Waals surface area contributed by atoms with Crippen LogP contribution in [-0.4, -0.2) is 6.04 Å². The highest BCUT2D eigenvalue weighted by atomic mass is 14.7. The molecule has 0 aliphatic rings. The van der Waals surface area contributed by atoms with Crippen molar-refractivity contribution in [3.8, 4) is 12.6 Å². The van der Waals surface area contributed by atoms with Crippen molar-refractivity contribution >= 4 is 0 Å². The van der Waals surface area contributed by atoms with Gasteiger partial charge in [-0.2, -0.15) is 5.26 Å². The monoisotopic (exact) mass is 93.0 g/mol. The molecule has 0 aromatic rings. The topological polar surface area (TPSA) is 28.1 Å². The molecule has 0 saturated carbocycles. The summed E-state index contributed by atoms with van der Waals surface area (Å²) in [6.45, 7) is 8.03. The van der Waals surface area contributed by atoms with Crippen molar-refractivity contribution in [1.82, 2.24) is 0 Å². The average Bonchev–Trinajstić information content (AvgIpc) is 1.72. The largest absolute Gasteiger partial charge is 0.373 e. The summed E-state index contributed by atoms with van der Waals surface area (Å²) in [6, 6.07) is 1.25. The van der Waals surface area contributed by atoms with E-state index in [1.807, 2.05) is 0 Å². The molecule has 0 fully saturated rings. The van der Waals surface area contributed by atoms with Crippen LogP contribution in [0.4, 0.5) is 0 Å². The van der Waals surface area contributed by atoms with Crippen LogP contribution in [0.5, 0.6) is 0 Å². The molecule has 0 rings (SSSR count). The van der Waals surface area contributed by atoms with Crippen molar-refractivity contribution in [1.29, 1.82) is 5.26 Å². The molecule has 2 heteroatoms. The minimum Gasteiger partial charge on any atom is -0.189 e. The average molecular weight is 93.1 g/mol. The summed E-state index contributed by atoms with van der Waals surface area (Å²) in [7, 11) is 0. The summed E-state index contributed by atoms with van der Waals surface area (Å²) < 4.78 is 0. The van der Waals surface area contributed by atoms with Crippen LogP contribution < -0.4 is 0 Å². The van der Waals surface area contributed by atoms with Crippen LogP contribution in [0, 0.1) is 17.9 Å². The van der Waals surface area contributed by atoms with Crippen LogP contribution in [0.1, 0.15) is 0 Å². The van der Waals surface area contributed by atoms with Gasteiger partial charge in [0.05, 0.1) is 0 Å². The van der Waals surface area contributed by atoms with Gasteiger partial charge in [-0.25, -0.2) is 0 Å². The van der Waals surface area contributed by atoms with Crippen LogP contribution in [-0.2, 0) is 0 Å². The van der Waals surface area contributed by atoms with Gasteiger partial charge in [-0.05, 0) is 0 Å². The van der Waals surface area contributed by atoms with Gasteiger partial charge in [-0.15, -0.1) is 0 Å². The Bertz CT molecular complexity index is 121. The molecule has 0 aromatic carbocycles. The van der Waals surface area contributed by atoms with Gasteiger partial charge in [0.25, 0.3) is 6.57 Å². The van der Waals surface area contributed by atoms with Crippen LogP contribution in [0.2, 0.25) is 0 Å². The fourth-order valence-electron chi connectivity index (χ4n) is 0.147. The number of hydrogen-bond acceptors (Lipinski definition) is 1. The van der Waals surface area contributed by atoms with E-state index in [4.69, 9.17) is 11.8 Å². The maximum Gasteiger partial charge on any atom is 0.373 e. The van der Waals surface area contributed by atoms with Crippen LogP contribution >= 0.6 is 0 Å². The molecular weight excluding hydrogens is 88.1 g/mol. The smallest absolute Gasteiger partial charge is 0.189 e. The molecule has 0 heterocycles. The molecule has 1 atom stereocenters. The van der Waals surface area contributed by atoms with Crippen molar-refractivity contribution in [2.75, 3.05) is 0 Å². The molecule has 0 N–H and O–H groups in total. The number of hydrogen-bond donors (Lipinski definition) is 0. The molecule has 2 nitrogen and oxygen atoms in total. The standard InChI is InChI=1S/C5H5N2/c1-3-5(4-6)7-2/h2-3,5H,1H2/q+1. The number of rotatable bonds is 1. The second-order valence-corrected chi connectivity index (χ2v) is 0.959. The summed E-state index contributed by atoms with van der Waals surface area (Å²) in [6.07, 6.45) is 1.38. The lowest BCUT2D eigenvalue weighted by molar-refractivity contribution is 1.24. The third-order valence-corrected chi connectivity index (χ3v) is 0.516.